The third-order valence-electron chi connectivity index (χ3n) is 2.92. The lowest BCUT2D eigenvalue weighted by Gasteiger charge is -2.10. The van der Waals surface area contributed by atoms with E-state index in [1.165, 1.54) is 0 Å². The zero-order valence-corrected chi connectivity index (χ0v) is 13.3. The first-order chi connectivity index (χ1) is 11.1. The normalized spacial score (nSPS) is 9.57. The molecule has 2 aromatic rings. The summed E-state index contributed by atoms with van der Waals surface area (Å²) >= 11 is 5.06. The Morgan fingerprint density at radius 3 is 2.43 bits per heavy atom. The molecule has 2 N–H and O–H groups in total. The topological polar surface area (TPSA) is 74.2 Å². The number of amides is 1. The predicted octanol–water partition coefficient (Wildman–Crippen LogP) is 2.76. The predicted molar refractivity (Wildman–Crippen MR) is 92.2 cm³/mol. The number of nitriles is 1. The van der Waals surface area contributed by atoms with Gasteiger partial charge < -0.3 is 10.1 Å². The first-order valence-electron chi connectivity index (χ1n) is 6.87. The Bertz CT molecular complexity index is 734. The van der Waals surface area contributed by atoms with Crippen LogP contribution in [0.3, 0.4) is 0 Å². The minimum Gasteiger partial charge on any atom is -0.484 e. The van der Waals surface area contributed by atoms with Crippen molar-refractivity contribution in [3.8, 4) is 11.8 Å². The van der Waals surface area contributed by atoms with E-state index in [4.69, 9.17) is 22.2 Å². The molecule has 0 fully saturated rings. The summed E-state index contributed by atoms with van der Waals surface area (Å²) in [6, 6.07) is 16.2. The molecule has 0 saturated heterocycles. The zero-order chi connectivity index (χ0) is 16.7. The Kier molecular flexibility index (Phi) is 5.67. The maximum atomic E-state index is 11.8. The summed E-state index contributed by atoms with van der Waals surface area (Å²) in [6.07, 6.45) is 0. The highest BCUT2D eigenvalue weighted by Gasteiger charge is 2.06. The monoisotopic (exact) mass is 325 g/mol. The molecule has 23 heavy (non-hydrogen) atoms. The van der Waals surface area contributed by atoms with Gasteiger partial charge in [0, 0.05) is 5.69 Å². The van der Waals surface area contributed by atoms with Gasteiger partial charge in [0.05, 0.1) is 11.6 Å². The number of anilines is 1. The Morgan fingerprint density at radius 2 is 1.83 bits per heavy atom. The average Bonchev–Trinajstić information content (AvgIpc) is 2.55. The summed E-state index contributed by atoms with van der Waals surface area (Å²) < 4.78 is 5.37. The Hall–Kier alpha value is -2.91. The van der Waals surface area contributed by atoms with E-state index >= 15 is 0 Å². The van der Waals surface area contributed by atoms with Crippen LogP contribution in [-0.2, 0) is 4.79 Å². The first-order valence-corrected chi connectivity index (χ1v) is 7.28. The quantitative estimate of drug-likeness (QED) is 0.846. The van der Waals surface area contributed by atoms with E-state index in [0.717, 1.165) is 5.56 Å². The number of carbonyl (C=O) groups is 1. The number of aryl methyl sites for hydroxylation is 1. The van der Waals surface area contributed by atoms with Gasteiger partial charge in [-0.15, -0.1) is 0 Å². The molecule has 0 atom stereocenters. The highest BCUT2D eigenvalue weighted by atomic mass is 32.1. The lowest BCUT2D eigenvalue weighted by Crippen LogP contribution is -2.37. The fourth-order valence-electron chi connectivity index (χ4n) is 1.74. The molecule has 116 valence electrons. The molecule has 0 aliphatic rings. The number of hydrogen-bond acceptors (Lipinski definition) is 4. The van der Waals surface area contributed by atoms with Crippen LogP contribution in [0.25, 0.3) is 0 Å². The molecule has 5 nitrogen and oxygen atoms in total. The van der Waals surface area contributed by atoms with Crippen molar-refractivity contribution in [1.82, 2.24) is 5.32 Å². The lowest BCUT2D eigenvalue weighted by atomic mass is 10.2. The van der Waals surface area contributed by atoms with E-state index in [1.54, 1.807) is 36.4 Å². The molecule has 0 aromatic heterocycles. The number of carbonyl (C=O) groups excluding carboxylic acids is 1. The number of thiocarbonyl (C=S) groups is 1. The Balaban J connectivity index is 1.78. The van der Waals surface area contributed by atoms with Crippen LogP contribution in [-0.4, -0.2) is 17.6 Å². The molecule has 6 heteroatoms. The minimum absolute atomic E-state index is 0.127. The summed E-state index contributed by atoms with van der Waals surface area (Å²) in [7, 11) is 0. The van der Waals surface area contributed by atoms with Crippen LogP contribution in [0.15, 0.2) is 48.5 Å². The van der Waals surface area contributed by atoms with Gasteiger partial charge in [0.15, 0.2) is 11.7 Å². The van der Waals surface area contributed by atoms with Gasteiger partial charge >= 0.3 is 0 Å². The fraction of sp³-hybridized carbons (Fsp3) is 0.118. The molecule has 0 heterocycles. The van der Waals surface area contributed by atoms with E-state index in [1.807, 2.05) is 25.1 Å². The second kappa shape index (κ2) is 7.92. The Labute approximate surface area is 139 Å². The second-order valence-corrected chi connectivity index (χ2v) is 5.20. The molecule has 0 unspecified atom stereocenters. The van der Waals surface area contributed by atoms with Crippen LogP contribution in [0.1, 0.15) is 11.1 Å². The number of nitrogens with zero attached hydrogens (tertiary/aromatic N) is 1. The van der Waals surface area contributed by atoms with Gasteiger partial charge in [-0.3, -0.25) is 10.1 Å². The van der Waals surface area contributed by atoms with Crippen LogP contribution in [0.2, 0.25) is 0 Å². The standard InChI is InChI=1S/C17H15N3O2S/c1-12-2-8-15(9-3-12)22-11-16(21)20-17(23)19-14-6-4-13(10-18)5-7-14/h2-9H,11H2,1H3,(H2,19,20,21,23). The number of ether oxygens (including phenoxy) is 1. The van der Waals surface area contributed by atoms with Crippen LogP contribution < -0.4 is 15.4 Å². The van der Waals surface area contributed by atoms with Gasteiger partial charge in [-0.05, 0) is 55.5 Å². The van der Waals surface area contributed by atoms with E-state index < -0.39 is 0 Å². The summed E-state index contributed by atoms with van der Waals surface area (Å²) in [5, 5.41) is 14.3. The van der Waals surface area contributed by atoms with Crippen LogP contribution in [0, 0.1) is 18.3 Å². The van der Waals surface area contributed by atoms with Gasteiger partial charge in [-0.1, -0.05) is 17.7 Å². The summed E-state index contributed by atoms with van der Waals surface area (Å²) in [5.41, 5.74) is 2.36. The third-order valence-corrected chi connectivity index (χ3v) is 3.12. The number of hydrogen-bond donors (Lipinski definition) is 2. The van der Waals surface area contributed by atoms with Crippen molar-refractivity contribution in [2.24, 2.45) is 0 Å². The molecule has 2 rings (SSSR count). The van der Waals surface area contributed by atoms with Gasteiger partial charge in [0.25, 0.3) is 5.91 Å². The van der Waals surface area contributed by atoms with Crippen molar-refractivity contribution in [1.29, 1.82) is 5.26 Å². The molecule has 1 amide bonds. The van der Waals surface area contributed by atoms with Crippen molar-refractivity contribution in [3.63, 3.8) is 0 Å². The van der Waals surface area contributed by atoms with E-state index in [2.05, 4.69) is 10.6 Å². The molecule has 0 bridgehead atoms. The fourth-order valence-corrected chi connectivity index (χ4v) is 1.97. The SMILES string of the molecule is Cc1ccc(OCC(=O)NC(=S)Nc2ccc(C#N)cc2)cc1. The maximum Gasteiger partial charge on any atom is 0.264 e. The summed E-state index contributed by atoms with van der Waals surface area (Å²) in [4.78, 5) is 11.8. The van der Waals surface area contributed by atoms with E-state index in [9.17, 15) is 4.79 Å². The van der Waals surface area contributed by atoms with Crippen molar-refractivity contribution in [2.45, 2.75) is 6.92 Å². The number of nitrogens with one attached hydrogen (secondary N) is 2. The Morgan fingerprint density at radius 1 is 1.17 bits per heavy atom. The van der Waals surface area contributed by atoms with Crippen molar-refractivity contribution < 1.29 is 9.53 Å². The van der Waals surface area contributed by atoms with E-state index in [0.29, 0.717) is 17.0 Å². The largest absolute Gasteiger partial charge is 0.484 e. The molecule has 2 aromatic carbocycles. The lowest BCUT2D eigenvalue weighted by molar-refractivity contribution is -0.121. The smallest absolute Gasteiger partial charge is 0.264 e. The molecule has 0 aliphatic carbocycles. The highest BCUT2D eigenvalue weighted by molar-refractivity contribution is 7.80. The molecule has 0 aliphatic heterocycles. The van der Waals surface area contributed by atoms with Gasteiger partial charge in [-0.25, -0.2) is 0 Å². The van der Waals surface area contributed by atoms with Gasteiger partial charge in [0.1, 0.15) is 5.75 Å². The van der Waals surface area contributed by atoms with Crippen molar-refractivity contribution in [3.05, 3.63) is 59.7 Å². The molecule has 0 spiro atoms. The molecule has 0 radical (unpaired) electrons. The van der Waals surface area contributed by atoms with Crippen LogP contribution >= 0.6 is 12.2 Å². The molecule has 0 saturated carbocycles. The van der Waals surface area contributed by atoms with Crippen molar-refractivity contribution in [2.75, 3.05) is 11.9 Å². The average molecular weight is 325 g/mol. The minimum atomic E-state index is -0.350. The number of benzene rings is 2. The molecular formula is C17H15N3O2S. The maximum absolute atomic E-state index is 11.8. The number of rotatable bonds is 4. The summed E-state index contributed by atoms with van der Waals surface area (Å²) in [6.45, 7) is 1.85. The van der Waals surface area contributed by atoms with Gasteiger partial charge in [0.2, 0.25) is 0 Å². The van der Waals surface area contributed by atoms with Crippen molar-refractivity contribution >= 4 is 28.9 Å². The highest BCUT2D eigenvalue weighted by Crippen LogP contribution is 2.11. The van der Waals surface area contributed by atoms with Crippen LogP contribution in [0.5, 0.6) is 5.75 Å². The van der Waals surface area contributed by atoms with Gasteiger partial charge in [-0.2, -0.15) is 5.26 Å². The second-order valence-electron chi connectivity index (χ2n) is 4.79. The first kappa shape index (κ1) is 16.5. The van der Waals surface area contributed by atoms with E-state index in [-0.39, 0.29) is 17.6 Å². The summed E-state index contributed by atoms with van der Waals surface area (Å²) in [5.74, 6) is 0.272. The molecular weight excluding hydrogens is 310 g/mol. The zero-order valence-electron chi connectivity index (χ0n) is 12.5. The van der Waals surface area contributed by atoms with Crippen LogP contribution in [0.4, 0.5) is 5.69 Å². The third kappa shape index (κ3) is 5.41.